The molecule has 5 heteroatoms. The highest BCUT2D eigenvalue weighted by Gasteiger charge is 2.17. The molecule has 3 rings (SSSR count). The zero-order valence-electron chi connectivity index (χ0n) is 11.5. The zero-order chi connectivity index (χ0) is 15.5. The summed E-state index contributed by atoms with van der Waals surface area (Å²) in [5.41, 5.74) is 2.48. The van der Waals surface area contributed by atoms with Gasteiger partial charge >= 0.3 is 0 Å². The maximum atomic E-state index is 12.3. The van der Waals surface area contributed by atoms with Crippen molar-refractivity contribution in [2.75, 3.05) is 11.9 Å². The van der Waals surface area contributed by atoms with Crippen LogP contribution in [-0.2, 0) is 4.79 Å². The van der Waals surface area contributed by atoms with E-state index >= 15 is 0 Å². The SMILES string of the molecule is N#Cc1cccc(NC(=O)C2=Cc3cc(Br)ccc3OC2)c1. The molecule has 108 valence electrons. The molecule has 0 aliphatic carbocycles. The Balaban J connectivity index is 1.82. The largest absolute Gasteiger partial charge is 0.488 e. The first kappa shape index (κ1) is 14.4. The van der Waals surface area contributed by atoms with Gasteiger partial charge in [0.05, 0.1) is 17.2 Å². The molecule has 1 heterocycles. The van der Waals surface area contributed by atoms with E-state index in [-0.39, 0.29) is 12.5 Å². The van der Waals surface area contributed by atoms with E-state index < -0.39 is 0 Å². The molecule has 2 aromatic carbocycles. The third kappa shape index (κ3) is 3.02. The van der Waals surface area contributed by atoms with E-state index in [1.807, 2.05) is 30.3 Å². The molecule has 1 N–H and O–H groups in total. The normalized spacial score (nSPS) is 12.5. The molecule has 2 aromatic rings. The second-order valence-electron chi connectivity index (χ2n) is 4.79. The van der Waals surface area contributed by atoms with Gasteiger partial charge in [0.25, 0.3) is 5.91 Å². The lowest BCUT2D eigenvalue weighted by molar-refractivity contribution is -0.113. The van der Waals surface area contributed by atoms with Gasteiger partial charge in [-0.15, -0.1) is 0 Å². The van der Waals surface area contributed by atoms with Gasteiger partial charge in [-0.05, 0) is 42.5 Å². The number of ether oxygens (including phenoxy) is 1. The summed E-state index contributed by atoms with van der Waals surface area (Å²) in [6, 6.07) is 14.5. The lowest BCUT2D eigenvalue weighted by atomic mass is 10.1. The minimum atomic E-state index is -0.235. The fraction of sp³-hybridized carbons (Fsp3) is 0.0588. The van der Waals surface area contributed by atoms with E-state index in [0.29, 0.717) is 16.8 Å². The van der Waals surface area contributed by atoms with Crippen molar-refractivity contribution < 1.29 is 9.53 Å². The maximum Gasteiger partial charge on any atom is 0.255 e. The van der Waals surface area contributed by atoms with Crippen LogP contribution >= 0.6 is 15.9 Å². The summed E-state index contributed by atoms with van der Waals surface area (Å²) >= 11 is 3.40. The Morgan fingerprint density at radius 3 is 2.95 bits per heavy atom. The third-order valence-corrected chi connectivity index (χ3v) is 3.72. The van der Waals surface area contributed by atoms with Crippen LogP contribution in [0.15, 0.2) is 52.5 Å². The van der Waals surface area contributed by atoms with Crippen LogP contribution < -0.4 is 10.1 Å². The summed E-state index contributed by atoms with van der Waals surface area (Å²) in [4.78, 5) is 12.3. The summed E-state index contributed by atoms with van der Waals surface area (Å²) < 4.78 is 6.52. The van der Waals surface area contributed by atoms with E-state index in [0.717, 1.165) is 15.8 Å². The Morgan fingerprint density at radius 2 is 2.14 bits per heavy atom. The number of nitrogens with one attached hydrogen (secondary N) is 1. The number of carbonyl (C=O) groups excluding carboxylic acids is 1. The average Bonchev–Trinajstić information content (AvgIpc) is 2.54. The first-order chi connectivity index (χ1) is 10.7. The van der Waals surface area contributed by atoms with Crippen LogP contribution in [0.25, 0.3) is 6.08 Å². The lowest BCUT2D eigenvalue weighted by Gasteiger charge is -2.18. The summed E-state index contributed by atoms with van der Waals surface area (Å²) in [7, 11) is 0. The van der Waals surface area contributed by atoms with Crippen LogP contribution in [0.1, 0.15) is 11.1 Å². The number of halogens is 1. The van der Waals surface area contributed by atoms with E-state index in [2.05, 4.69) is 21.2 Å². The van der Waals surface area contributed by atoms with Crippen LogP contribution in [0, 0.1) is 11.3 Å². The predicted molar refractivity (Wildman–Crippen MR) is 87.4 cm³/mol. The van der Waals surface area contributed by atoms with Crippen molar-refractivity contribution in [3.63, 3.8) is 0 Å². The topological polar surface area (TPSA) is 62.1 Å². The van der Waals surface area contributed by atoms with Gasteiger partial charge in [0.15, 0.2) is 0 Å². The highest BCUT2D eigenvalue weighted by molar-refractivity contribution is 9.10. The first-order valence-electron chi connectivity index (χ1n) is 6.60. The number of hydrogen-bond donors (Lipinski definition) is 1. The van der Waals surface area contributed by atoms with Crippen LogP contribution in [0.3, 0.4) is 0 Å². The third-order valence-electron chi connectivity index (χ3n) is 3.23. The summed E-state index contributed by atoms with van der Waals surface area (Å²) in [6.45, 7) is 0.221. The predicted octanol–water partition coefficient (Wildman–Crippen LogP) is 3.74. The van der Waals surface area contributed by atoms with Gasteiger partial charge in [-0.2, -0.15) is 5.26 Å². The fourth-order valence-electron chi connectivity index (χ4n) is 2.16. The van der Waals surface area contributed by atoms with E-state index in [4.69, 9.17) is 10.00 Å². The van der Waals surface area contributed by atoms with Crippen LogP contribution in [0.5, 0.6) is 5.75 Å². The van der Waals surface area contributed by atoms with Crippen molar-refractivity contribution in [2.24, 2.45) is 0 Å². The van der Waals surface area contributed by atoms with Crippen molar-refractivity contribution in [3.05, 3.63) is 63.6 Å². The number of rotatable bonds is 2. The molecule has 1 aliphatic rings. The van der Waals surface area contributed by atoms with Crippen molar-refractivity contribution in [1.29, 1.82) is 5.26 Å². The standard InChI is InChI=1S/C17H11BrN2O2/c18-14-4-5-16-12(8-14)7-13(10-22-16)17(21)20-15-3-1-2-11(6-15)9-19/h1-8H,10H2,(H,20,21). The minimum absolute atomic E-state index is 0.221. The van der Waals surface area contributed by atoms with E-state index in [1.165, 1.54) is 0 Å². The molecule has 0 aromatic heterocycles. The molecule has 4 nitrogen and oxygen atoms in total. The zero-order valence-corrected chi connectivity index (χ0v) is 13.1. The number of nitriles is 1. The Kier molecular flexibility index (Phi) is 3.94. The number of benzene rings is 2. The van der Waals surface area contributed by atoms with Crippen LogP contribution in [-0.4, -0.2) is 12.5 Å². The molecule has 0 saturated heterocycles. The second-order valence-corrected chi connectivity index (χ2v) is 5.70. The molecule has 0 bridgehead atoms. The van der Waals surface area contributed by atoms with Gasteiger partial charge in [0, 0.05) is 15.7 Å². The van der Waals surface area contributed by atoms with E-state index in [9.17, 15) is 4.79 Å². The number of amides is 1. The molecule has 1 aliphatic heterocycles. The van der Waals surface area contributed by atoms with Crippen molar-refractivity contribution >= 4 is 33.6 Å². The maximum absolute atomic E-state index is 12.3. The first-order valence-corrected chi connectivity index (χ1v) is 7.39. The molecule has 0 saturated carbocycles. The van der Waals surface area contributed by atoms with Crippen molar-refractivity contribution in [1.82, 2.24) is 0 Å². The number of carbonyl (C=O) groups is 1. The van der Waals surface area contributed by atoms with Crippen LogP contribution in [0.2, 0.25) is 0 Å². The second kappa shape index (κ2) is 6.04. The van der Waals surface area contributed by atoms with Crippen molar-refractivity contribution in [2.45, 2.75) is 0 Å². The minimum Gasteiger partial charge on any atom is -0.488 e. The summed E-state index contributed by atoms with van der Waals surface area (Å²) in [5, 5.41) is 11.7. The molecule has 0 spiro atoms. The van der Waals surface area contributed by atoms with E-state index in [1.54, 1.807) is 24.3 Å². The number of fused-ring (bicyclic) bond motifs is 1. The molecular weight excluding hydrogens is 344 g/mol. The number of hydrogen-bond acceptors (Lipinski definition) is 3. The summed E-state index contributed by atoms with van der Waals surface area (Å²) in [5.74, 6) is 0.520. The lowest BCUT2D eigenvalue weighted by Crippen LogP contribution is -2.21. The Hall–Kier alpha value is -2.58. The highest BCUT2D eigenvalue weighted by atomic mass is 79.9. The molecule has 1 amide bonds. The van der Waals surface area contributed by atoms with Gasteiger partial charge in [-0.3, -0.25) is 4.79 Å². The molecule has 0 unspecified atom stereocenters. The van der Waals surface area contributed by atoms with Gasteiger partial charge in [0.2, 0.25) is 0 Å². The molecule has 0 fully saturated rings. The molecule has 22 heavy (non-hydrogen) atoms. The van der Waals surface area contributed by atoms with Gasteiger partial charge < -0.3 is 10.1 Å². The van der Waals surface area contributed by atoms with Gasteiger partial charge in [-0.1, -0.05) is 22.0 Å². The average molecular weight is 355 g/mol. The summed E-state index contributed by atoms with van der Waals surface area (Å²) in [6.07, 6.45) is 1.81. The quantitative estimate of drug-likeness (QED) is 0.893. The van der Waals surface area contributed by atoms with Gasteiger partial charge in [-0.25, -0.2) is 0 Å². The Labute approximate surface area is 136 Å². The monoisotopic (exact) mass is 354 g/mol. The highest BCUT2D eigenvalue weighted by Crippen LogP contribution is 2.29. The number of anilines is 1. The Morgan fingerprint density at radius 1 is 1.27 bits per heavy atom. The number of nitrogens with zero attached hydrogens (tertiary/aromatic N) is 1. The van der Waals surface area contributed by atoms with Crippen molar-refractivity contribution in [3.8, 4) is 11.8 Å². The Bertz CT molecular complexity index is 822. The smallest absolute Gasteiger partial charge is 0.255 e. The molecule has 0 radical (unpaired) electrons. The molecular formula is C17H11BrN2O2. The molecule has 0 atom stereocenters. The van der Waals surface area contributed by atoms with Crippen LogP contribution in [0.4, 0.5) is 5.69 Å². The van der Waals surface area contributed by atoms with Gasteiger partial charge in [0.1, 0.15) is 12.4 Å². The fourth-order valence-corrected chi connectivity index (χ4v) is 2.54.